The predicted molar refractivity (Wildman–Crippen MR) is 60.5 cm³/mol. The summed E-state index contributed by atoms with van der Waals surface area (Å²) in [4.78, 5) is 0. The van der Waals surface area contributed by atoms with Crippen molar-refractivity contribution in [2.45, 2.75) is 32.6 Å². The molecule has 14 heavy (non-hydrogen) atoms. The molecule has 0 saturated heterocycles. The van der Waals surface area contributed by atoms with E-state index in [1.807, 2.05) is 0 Å². The summed E-state index contributed by atoms with van der Waals surface area (Å²) in [5.41, 5.74) is 3.15. The van der Waals surface area contributed by atoms with Gasteiger partial charge in [0.05, 0.1) is 0 Å². The molecule has 0 aromatic heterocycles. The quantitative estimate of drug-likeness (QED) is 0.670. The molecular weight excluding hydrogens is 172 g/mol. The lowest BCUT2D eigenvalue weighted by Crippen LogP contribution is -2.15. The highest BCUT2D eigenvalue weighted by Crippen LogP contribution is 2.34. The van der Waals surface area contributed by atoms with Crippen molar-refractivity contribution in [1.29, 1.82) is 0 Å². The van der Waals surface area contributed by atoms with Crippen LogP contribution in [0.1, 0.15) is 37.3 Å². The maximum absolute atomic E-state index is 7.00. The average Bonchev–Trinajstić information content (AvgIpc) is 2.27. The van der Waals surface area contributed by atoms with Crippen LogP contribution in [0.4, 0.5) is 0 Å². The highest BCUT2D eigenvalue weighted by atomic mass is 16.2. The van der Waals surface area contributed by atoms with Crippen molar-refractivity contribution in [2.75, 3.05) is 7.11 Å². The lowest BCUT2D eigenvalue weighted by atomic mass is 9.77. The van der Waals surface area contributed by atoms with Crippen LogP contribution >= 0.6 is 0 Å². The van der Waals surface area contributed by atoms with E-state index in [0.717, 1.165) is 18.9 Å². The van der Waals surface area contributed by atoms with Crippen molar-refractivity contribution in [3.8, 4) is 0 Å². The molecular formula is C13H20O. The van der Waals surface area contributed by atoms with E-state index in [0.29, 0.717) is 0 Å². The topological polar surface area (TPSA) is 20.2 Å². The summed E-state index contributed by atoms with van der Waals surface area (Å²) in [6.07, 6.45) is 2.64. The molecule has 0 fully saturated rings. The molecule has 1 aromatic rings. The molecule has 78 valence electrons. The Labute approximate surface area is 86.8 Å². The lowest BCUT2D eigenvalue weighted by molar-refractivity contribution is 0.399. The number of fused-ring (bicyclic) bond motifs is 1. The van der Waals surface area contributed by atoms with Crippen LogP contribution in [0.15, 0.2) is 24.3 Å². The van der Waals surface area contributed by atoms with E-state index in [-0.39, 0.29) is 0 Å². The normalized spacial score (nSPS) is 24.6. The second-order valence-corrected chi connectivity index (χ2v) is 4.00. The molecule has 1 heteroatoms. The Bertz CT molecular complexity index is 280. The summed E-state index contributed by atoms with van der Waals surface area (Å²) in [7, 11) is 1.00. The Kier molecular flexibility index (Phi) is 4.15. The summed E-state index contributed by atoms with van der Waals surface area (Å²) in [6, 6.07) is 8.88. The van der Waals surface area contributed by atoms with Gasteiger partial charge in [0.1, 0.15) is 0 Å². The first-order chi connectivity index (χ1) is 6.79. The van der Waals surface area contributed by atoms with E-state index in [4.69, 9.17) is 5.11 Å². The molecule has 0 saturated carbocycles. The highest BCUT2D eigenvalue weighted by molar-refractivity contribution is 5.32. The minimum Gasteiger partial charge on any atom is -0.400 e. The third-order valence-corrected chi connectivity index (χ3v) is 3.27. The molecule has 1 nitrogen and oxygen atoms in total. The Morgan fingerprint density at radius 3 is 2.50 bits per heavy atom. The number of benzene rings is 1. The van der Waals surface area contributed by atoms with Gasteiger partial charge < -0.3 is 5.11 Å². The van der Waals surface area contributed by atoms with Gasteiger partial charge in [-0.25, -0.2) is 0 Å². The molecule has 0 spiro atoms. The van der Waals surface area contributed by atoms with Gasteiger partial charge in [0.25, 0.3) is 0 Å². The van der Waals surface area contributed by atoms with Crippen molar-refractivity contribution in [3.05, 3.63) is 35.4 Å². The van der Waals surface area contributed by atoms with Gasteiger partial charge >= 0.3 is 0 Å². The van der Waals surface area contributed by atoms with Crippen molar-refractivity contribution < 1.29 is 5.11 Å². The average molecular weight is 192 g/mol. The molecule has 0 bridgehead atoms. The van der Waals surface area contributed by atoms with Crippen molar-refractivity contribution in [1.82, 2.24) is 0 Å². The Morgan fingerprint density at radius 1 is 1.14 bits per heavy atom. The van der Waals surface area contributed by atoms with Crippen LogP contribution in [0, 0.1) is 5.92 Å². The molecule has 2 atom stereocenters. The van der Waals surface area contributed by atoms with Crippen LogP contribution in [-0.2, 0) is 6.42 Å². The molecule has 2 unspecified atom stereocenters. The zero-order valence-electron chi connectivity index (χ0n) is 9.33. The second-order valence-electron chi connectivity index (χ2n) is 4.00. The SMILES string of the molecule is CC1CCc2ccccc2C1C.CO. The van der Waals surface area contributed by atoms with Crippen LogP contribution < -0.4 is 0 Å². The Hall–Kier alpha value is -0.820. The smallest absolute Gasteiger partial charge is 0.0319 e. The van der Waals surface area contributed by atoms with Gasteiger partial charge in [-0.15, -0.1) is 0 Å². The number of aryl methyl sites for hydroxylation is 1. The van der Waals surface area contributed by atoms with Crippen molar-refractivity contribution >= 4 is 0 Å². The number of hydrogen-bond donors (Lipinski definition) is 1. The summed E-state index contributed by atoms with van der Waals surface area (Å²) in [5, 5.41) is 7.00. The summed E-state index contributed by atoms with van der Waals surface area (Å²) >= 11 is 0. The van der Waals surface area contributed by atoms with Crippen LogP contribution in [-0.4, -0.2) is 12.2 Å². The van der Waals surface area contributed by atoms with E-state index in [9.17, 15) is 0 Å². The second kappa shape index (κ2) is 5.16. The minimum absolute atomic E-state index is 0.759. The minimum atomic E-state index is 0.759. The molecule has 1 aliphatic rings. The fraction of sp³-hybridized carbons (Fsp3) is 0.538. The molecule has 0 heterocycles. The fourth-order valence-electron chi connectivity index (χ4n) is 2.15. The first kappa shape index (κ1) is 11.3. The summed E-state index contributed by atoms with van der Waals surface area (Å²) < 4.78 is 0. The zero-order valence-corrected chi connectivity index (χ0v) is 9.33. The Balaban J connectivity index is 0.000000461. The lowest BCUT2D eigenvalue weighted by Gasteiger charge is -2.28. The third kappa shape index (κ3) is 2.16. The highest BCUT2D eigenvalue weighted by Gasteiger charge is 2.21. The first-order valence-electron chi connectivity index (χ1n) is 5.31. The summed E-state index contributed by atoms with van der Waals surface area (Å²) in [6.45, 7) is 4.71. The number of hydrogen-bond acceptors (Lipinski definition) is 1. The van der Waals surface area contributed by atoms with Gasteiger partial charge in [-0.2, -0.15) is 0 Å². The Morgan fingerprint density at radius 2 is 1.79 bits per heavy atom. The van der Waals surface area contributed by atoms with Gasteiger partial charge in [-0.1, -0.05) is 38.1 Å². The van der Waals surface area contributed by atoms with Crippen LogP contribution in [0.25, 0.3) is 0 Å². The molecule has 0 aliphatic heterocycles. The van der Waals surface area contributed by atoms with Gasteiger partial charge in [-0.3, -0.25) is 0 Å². The van der Waals surface area contributed by atoms with Crippen LogP contribution in [0.5, 0.6) is 0 Å². The monoisotopic (exact) mass is 192 g/mol. The number of aliphatic hydroxyl groups excluding tert-OH is 1. The van der Waals surface area contributed by atoms with Gasteiger partial charge in [0.2, 0.25) is 0 Å². The molecule has 0 amide bonds. The van der Waals surface area contributed by atoms with Gasteiger partial charge in [0, 0.05) is 7.11 Å². The molecule has 0 radical (unpaired) electrons. The van der Waals surface area contributed by atoms with E-state index < -0.39 is 0 Å². The summed E-state index contributed by atoms with van der Waals surface area (Å²) in [5.74, 6) is 1.62. The first-order valence-corrected chi connectivity index (χ1v) is 5.31. The maximum atomic E-state index is 7.00. The standard InChI is InChI=1S/C12H16.CH4O/c1-9-7-8-11-5-3-4-6-12(11)10(9)2;1-2/h3-6,9-10H,7-8H2,1-2H3;2H,1H3. The van der Waals surface area contributed by atoms with E-state index in [1.165, 1.54) is 12.8 Å². The largest absolute Gasteiger partial charge is 0.400 e. The van der Waals surface area contributed by atoms with Crippen LogP contribution in [0.3, 0.4) is 0 Å². The van der Waals surface area contributed by atoms with Crippen molar-refractivity contribution in [3.63, 3.8) is 0 Å². The molecule has 1 N–H and O–H groups in total. The molecule has 1 aromatic carbocycles. The molecule has 1 aliphatic carbocycles. The zero-order chi connectivity index (χ0) is 10.6. The fourth-order valence-corrected chi connectivity index (χ4v) is 2.15. The van der Waals surface area contributed by atoms with Crippen LogP contribution in [0.2, 0.25) is 0 Å². The number of aliphatic hydroxyl groups is 1. The predicted octanol–water partition coefficient (Wildman–Crippen LogP) is 2.98. The van der Waals surface area contributed by atoms with E-state index in [1.54, 1.807) is 11.1 Å². The van der Waals surface area contributed by atoms with Gasteiger partial charge in [0.15, 0.2) is 0 Å². The van der Waals surface area contributed by atoms with E-state index in [2.05, 4.69) is 38.1 Å². The van der Waals surface area contributed by atoms with Gasteiger partial charge in [-0.05, 0) is 35.8 Å². The van der Waals surface area contributed by atoms with E-state index >= 15 is 0 Å². The number of rotatable bonds is 0. The molecule has 2 rings (SSSR count). The third-order valence-electron chi connectivity index (χ3n) is 3.27. The van der Waals surface area contributed by atoms with Crippen molar-refractivity contribution in [2.24, 2.45) is 5.92 Å². The maximum Gasteiger partial charge on any atom is 0.0319 e.